The highest BCUT2D eigenvalue weighted by molar-refractivity contribution is 5.31. The Kier molecular flexibility index (Phi) is 3.27. The fraction of sp³-hybridized carbons (Fsp3) is 0.222. The number of aliphatic hydroxyl groups is 1. The Morgan fingerprint density at radius 1 is 0.933 bits per heavy atom. The summed E-state index contributed by atoms with van der Waals surface area (Å²) in [7, 11) is 0. The molecule has 6 heteroatoms. The number of benzene rings is 1. The molecule has 0 fully saturated rings. The van der Waals surface area contributed by atoms with E-state index in [2.05, 4.69) is 0 Å². The highest BCUT2D eigenvalue weighted by atomic mass is 19.2. The predicted molar refractivity (Wildman–Crippen MR) is 41.5 cm³/mol. The van der Waals surface area contributed by atoms with Gasteiger partial charge < -0.3 is 5.11 Å². The maximum atomic E-state index is 13.0. The van der Waals surface area contributed by atoms with Crippen molar-refractivity contribution in [3.63, 3.8) is 0 Å². The lowest BCUT2D eigenvalue weighted by Crippen LogP contribution is -2.08. The van der Waals surface area contributed by atoms with E-state index >= 15 is 0 Å². The fourth-order valence-electron chi connectivity index (χ4n) is 1.10. The first-order valence-corrected chi connectivity index (χ1v) is 3.86. The third-order valence-electron chi connectivity index (χ3n) is 1.86. The Hall–Kier alpha value is -1.61. The SMILES string of the molecule is N#CCc1c(F)c(F)c(CO)c(F)c1F. The summed E-state index contributed by atoms with van der Waals surface area (Å²) in [6, 6.07) is 1.38. The molecule has 0 atom stereocenters. The number of hydrogen-bond donors (Lipinski definition) is 1. The summed E-state index contributed by atoms with van der Waals surface area (Å²) in [6.07, 6.45) is -0.781. The van der Waals surface area contributed by atoms with Gasteiger partial charge in [-0.05, 0) is 0 Å². The van der Waals surface area contributed by atoms with Gasteiger partial charge in [-0.25, -0.2) is 17.6 Å². The number of nitrogens with zero attached hydrogens (tertiary/aromatic N) is 1. The molecule has 0 spiro atoms. The second kappa shape index (κ2) is 4.28. The molecule has 0 aliphatic rings. The van der Waals surface area contributed by atoms with Crippen molar-refractivity contribution in [2.75, 3.05) is 0 Å². The van der Waals surface area contributed by atoms with Gasteiger partial charge in [0.25, 0.3) is 0 Å². The Labute approximate surface area is 82.4 Å². The number of halogens is 4. The first-order valence-electron chi connectivity index (χ1n) is 3.86. The van der Waals surface area contributed by atoms with Gasteiger partial charge in [0.1, 0.15) is 0 Å². The molecule has 1 aromatic carbocycles. The smallest absolute Gasteiger partial charge is 0.167 e. The second-order valence-corrected chi connectivity index (χ2v) is 2.71. The van der Waals surface area contributed by atoms with Crippen molar-refractivity contribution in [1.29, 1.82) is 5.26 Å². The van der Waals surface area contributed by atoms with E-state index in [-0.39, 0.29) is 0 Å². The molecule has 0 saturated carbocycles. The quantitative estimate of drug-likeness (QED) is 0.608. The molecule has 15 heavy (non-hydrogen) atoms. The van der Waals surface area contributed by atoms with Crippen molar-refractivity contribution in [1.82, 2.24) is 0 Å². The van der Waals surface area contributed by atoms with Gasteiger partial charge in [0.2, 0.25) is 0 Å². The largest absolute Gasteiger partial charge is 0.391 e. The summed E-state index contributed by atoms with van der Waals surface area (Å²) in [6.45, 7) is -1.15. The molecule has 0 saturated heterocycles. The van der Waals surface area contributed by atoms with Gasteiger partial charge in [0.15, 0.2) is 23.3 Å². The number of rotatable bonds is 2. The van der Waals surface area contributed by atoms with Gasteiger partial charge >= 0.3 is 0 Å². The van der Waals surface area contributed by atoms with Crippen LogP contribution in [0.2, 0.25) is 0 Å². The number of hydrogen-bond acceptors (Lipinski definition) is 2. The first kappa shape index (κ1) is 11.5. The van der Waals surface area contributed by atoms with E-state index < -0.39 is 47.4 Å². The third kappa shape index (κ3) is 1.78. The lowest BCUT2D eigenvalue weighted by atomic mass is 10.1. The standard InChI is InChI=1S/C9H5F4NO/c10-6-4(1-2-14)7(11)9(13)5(3-15)8(6)12/h15H,1,3H2. The molecular formula is C9H5F4NO. The summed E-state index contributed by atoms with van der Waals surface area (Å²) in [5, 5.41) is 16.7. The molecule has 0 aliphatic carbocycles. The average Bonchev–Trinajstić information content (AvgIpc) is 2.23. The van der Waals surface area contributed by atoms with Crippen LogP contribution < -0.4 is 0 Å². The van der Waals surface area contributed by atoms with Crippen molar-refractivity contribution < 1.29 is 22.7 Å². The van der Waals surface area contributed by atoms with Crippen LogP contribution >= 0.6 is 0 Å². The van der Waals surface area contributed by atoms with Gasteiger partial charge in [-0.2, -0.15) is 5.26 Å². The highest BCUT2D eigenvalue weighted by Gasteiger charge is 2.24. The zero-order valence-corrected chi connectivity index (χ0v) is 7.32. The summed E-state index contributed by atoms with van der Waals surface area (Å²) in [5.74, 6) is -6.61. The second-order valence-electron chi connectivity index (χ2n) is 2.71. The Morgan fingerprint density at radius 2 is 1.33 bits per heavy atom. The van der Waals surface area contributed by atoms with Crippen LogP contribution in [0.3, 0.4) is 0 Å². The van der Waals surface area contributed by atoms with Gasteiger partial charge in [0, 0.05) is 5.56 Å². The fourth-order valence-corrected chi connectivity index (χ4v) is 1.10. The molecule has 0 aliphatic heterocycles. The van der Waals surface area contributed by atoms with E-state index in [0.29, 0.717) is 0 Å². The van der Waals surface area contributed by atoms with Crippen molar-refractivity contribution in [2.24, 2.45) is 0 Å². The van der Waals surface area contributed by atoms with Crippen LogP contribution in [-0.2, 0) is 13.0 Å². The van der Waals surface area contributed by atoms with Crippen LogP contribution in [0.1, 0.15) is 11.1 Å². The molecule has 1 rings (SSSR count). The lowest BCUT2D eigenvalue weighted by molar-refractivity contribution is 0.262. The Bertz CT molecular complexity index is 410. The molecule has 2 nitrogen and oxygen atoms in total. The number of nitriles is 1. The molecule has 80 valence electrons. The molecule has 1 aromatic rings. The Balaban J connectivity index is 3.53. The molecule has 0 unspecified atom stereocenters. The van der Waals surface area contributed by atoms with Gasteiger partial charge in [-0.3, -0.25) is 0 Å². The minimum atomic E-state index is -1.67. The summed E-state index contributed by atoms with van der Waals surface area (Å²) < 4.78 is 52.0. The summed E-state index contributed by atoms with van der Waals surface area (Å²) in [5.41, 5.74) is -2.05. The first-order chi connectivity index (χ1) is 7.04. The van der Waals surface area contributed by atoms with E-state index in [1.807, 2.05) is 0 Å². The minimum Gasteiger partial charge on any atom is -0.391 e. The topological polar surface area (TPSA) is 44.0 Å². The van der Waals surface area contributed by atoms with Crippen LogP contribution in [0.25, 0.3) is 0 Å². The van der Waals surface area contributed by atoms with Crippen molar-refractivity contribution in [3.8, 4) is 6.07 Å². The molecular weight excluding hydrogens is 214 g/mol. The monoisotopic (exact) mass is 219 g/mol. The summed E-state index contributed by atoms with van der Waals surface area (Å²) in [4.78, 5) is 0. The normalized spacial score (nSPS) is 10.1. The van der Waals surface area contributed by atoms with Crippen LogP contribution in [0, 0.1) is 34.6 Å². The third-order valence-corrected chi connectivity index (χ3v) is 1.86. The molecule has 0 heterocycles. The highest BCUT2D eigenvalue weighted by Crippen LogP contribution is 2.24. The summed E-state index contributed by atoms with van der Waals surface area (Å²) >= 11 is 0. The average molecular weight is 219 g/mol. The maximum Gasteiger partial charge on any atom is 0.167 e. The van der Waals surface area contributed by atoms with Crippen molar-refractivity contribution in [3.05, 3.63) is 34.4 Å². The van der Waals surface area contributed by atoms with E-state index in [1.165, 1.54) is 6.07 Å². The predicted octanol–water partition coefficient (Wildman–Crippen LogP) is 1.80. The zero-order valence-electron chi connectivity index (χ0n) is 7.32. The maximum absolute atomic E-state index is 13.0. The van der Waals surface area contributed by atoms with Gasteiger partial charge in [-0.1, -0.05) is 0 Å². The van der Waals surface area contributed by atoms with E-state index in [1.54, 1.807) is 0 Å². The van der Waals surface area contributed by atoms with E-state index in [9.17, 15) is 17.6 Å². The van der Waals surface area contributed by atoms with Crippen LogP contribution in [0.15, 0.2) is 0 Å². The zero-order chi connectivity index (χ0) is 11.6. The lowest BCUT2D eigenvalue weighted by Gasteiger charge is -2.07. The van der Waals surface area contributed by atoms with Crippen LogP contribution in [0.4, 0.5) is 17.6 Å². The molecule has 0 bridgehead atoms. The molecule has 0 radical (unpaired) electrons. The van der Waals surface area contributed by atoms with Crippen LogP contribution in [-0.4, -0.2) is 5.11 Å². The molecule has 1 N–H and O–H groups in total. The molecule has 0 aromatic heterocycles. The minimum absolute atomic E-state index is 0.781. The Morgan fingerprint density at radius 3 is 1.67 bits per heavy atom. The number of aliphatic hydroxyl groups excluding tert-OH is 1. The molecule has 0 amide bonds. The van der Waals surface area contributed by atoms with Gasteiger partial charge in [0.05, 0.1) is 24.7 Å². The van der Waals surface area contributed by atoms with E-state index in [0.717, 1.165) is 0 Å². The van der Waals surface area contributed by atoms with Crippen LogP contribution in [0.5, 0.6) is 0 Å². The van der Waals surface area contributed by atoms with Crippen molar-refractivity contribution in [2.45, 2.75) is 13.0 Å². The van der Waals surface area contributed by atoms with E-state index in [4.69, 9.17) is 10.4 Å². The van der Waals surface area contributed by atoms with Gasteiger partial charge in [-0.15, -0.1) is 0 Å². The van der Waals surface area contributed by atoms with Crippen molar-refractivity contribution >= 4 is 0 Å².